The van der Waals surface area contributed by atoms with Crippen molar-refractivity contribution in [2.75, 3.05) is 6.54 Å². The summed E-state index contributed by atoms with van der Waals surface area (Å²) in [5.74, 6) is 2.02. The minimum Gasteiger partial charge on any atom is -0.339 e. The Morgan fingerprint density at radius 2 is 2.11 bits per heavy atom. The summed E-state index contributed by atoms with van der Waals surface area (Å²) in [6, 6.07) is 2.26. The van der Waals surface area contributed by atoms with E-state index in [1.807, 2.05) is 0 Å². The van der Waals surface area contributed by atoms with Gasteiger partial charge in [0.25, 0.3) is 0 Å². The van der Waals surface area contributed by atoms with Crippen LogP contribution in [0.4, 0.5) is 0 Å². The Hall–Kier alpha value is -1.82. The number of hydrogen-bond acceptors (Lipinski definition) is 6. The lowest BCUT2D eigenvalue weighted by Crippen LogP contribution is -2.34. The molecule has 0 saturated carbocycles. The van der Waals surface area contributed by atoms with Gasteiger partial charge in [-0.3, -0.25) is 0 Å². The van der Waals surface area contributed by atoms with Crippen LogP contribution in [-0.4, -0.2) is 32.7 Å². The molecule has 2 aromatic heterocycles. The lowest BCUT2D eigenvalue weighted by Gasteiger charge is -2.25. The molecule has 6 nitrogen and oxygen atoms in total. The summed E-state index contributed by atoms with van der Waals surface area (Å²) in [6.07, 6.45) is 5.40. The summed E-state index contributed by atoms with van der Waals surface area (Å²) in [5, 5.41) is 7.36. The quantitative estimate of drug-likeness (QED) is 0.861. The van der Waals surface area contributed by atoms with Crippen LogP contribution in [0.3, 0.4) is 0 Å². The van der Waals surface area contributed by atoms with Crippen molar-refractivity contribution < 1.29 is 4.52 Å². The Morgan fingerprint density at radius 3 is 2.89 bits per heavy atom. The highest BCUT2D eigenvalue weighted by atomic mass is 16.5. The Balaban J connectivity index is 1.81. The average molecular weight is 245 g/mol. The van der Waals surface area contributed by atoms with E-state index in [1.54, 1.807) is 18.5 Å². The first-order chi connectivity index (χ1) is 8.83. The molecule has 1 N–H and O–H groups in total. The van der Waals surface area contributed by atoms with E-state index in [9.17, 15) is 0 Å². The fourth-order valence-corrected chi connectivity index (χ4v) is 2.26. The maximum Gasteiger partial charge on any atom is 0.240 e. The van der Waals surface area contributed by atoms with Gasteiger partial charge in [0.15, 0.2) is 0 Å². The first-order valence-corrected chi connectivity index (χ1v) is 6.17. The van der Waals surface area contributed by atoms with E-state index in [0.29, 0.717) is 29.5 Å². The van der Waals surface area contributed by atoms with Crippen LogP contribution in [-0.2, 0) is 0 Å². The molecule has 1 saturated heterocycles. The van der Waals surface area contributed by atoms with E-state index >= 15 is 0 Å². The lowest BCUT2D eigenvalue weighted by molar-refractivity contribution is 0.295. The summed E-state index contributed by atoms with van der Waals surface area (Å²) in [4.78, 5) is 12.6. The van der Waals surface area contributed by atoms with E-state index in [-0.39, 0.29) is 0 Å². The number of rotatable bonds is 2. The number of aromatic nitrogens is 4. The first-order valence-electron chi connectivity index (χ1n) is 6.17. The van der Waals surface area contributed by atoms with Crippen LogP contribution in [0.25, 0.3) is 11.6 Å². The van der Waals surface area contributed by atoms with Gasteiger partial charge in [0.05, 0.1) is 0 Å². The second-order valence-electron chi connectivity index (χ2n) is 4.61. The summed E-state index contributed by atoms with van der Waals surface area (Å²) >= 11 is 0. The van der Waals surface area contributed by atoms with Gasteiger partial charge in [-0.25, -0.2) is 9.97 Å². The largest absolute Gasteiger partial charge is 0.339 e. The Bertz CT molecular complexity index is 512. The predicted molar refractivity (Wildman–Crippen MR) is 64.8 cm³/mol. The molecule has 6 heteroatoms. The molecule has 94 valence electrons. The summed E-state index contributed by atoms with van der Waals surface area (Å²) < 4.78 is 5.34. The van der Waals surface area contributed by atoms with E-state index in [1.165, 1.54) is 0 Å². The fourth-order valence-electron chi connectivity index (χ4n) is 2.26. The highest BCUT2D eigenvalue weighted by Crippen LogP contribution is 2.27. The van der Waals surface area contributed by atoms with Crippen LogP contribution in [0.1, 0.15) is 31.6 Å². The molecule has 2 unspecified atom stereocenters. The molecular weight excluding hydrogens is 230 g/mol. The molecule has 2 aromatic rings. The van der Waals surface area contributed by atoms with Crippen LogP contribution < -0.4 is 5.32 Å². The van der Waals surface area contributed by atoms with E-state index < -0.39 is 0 Å². The van der Waals surface area contributed by atoms with Gasteiger partial charge in [0, 0.05) is 24.4 Å². The molecule has 1 fully saturated rings. The zero-order valence-corrected chi connectivity index (χ0v) is 10.2. The molecule has 3 rings (SSSR count). The third kappa shape index (κ3) is 2.24. The average Bonchev–Trinajstić information content (AvgIpc) is 2.89. The number of hydrogen-bond donors (Lipinski definition) is 1. The zero-order valence-electron chi connectivity index (χ0n) is 10.2. The van der Waals surface area contributed by atoms with Gasteiger partial charge in [-0.15, -0.1) is 0 Å². The van der Waals surface area contributed by atoms with Crippen LogP contribution in [0, 0.1) is 0 Å². The maximum absolute atomic E-state index is 5.34. The SMILES string of the molecule is CC1CC(c2nc(-c3ncccn3)no2)CCN1. The third-order valence-electron chi connectivity index (χ3n) is 3.18. The van der Waals surface area contributed by atoms with Gasteiger partial charge >= 0.3 is 0 Å². The molecule has 0 bridgehead atoms. The third-order valence-corrected chi connectivity index (χ3v) is 3.18. The highest BCUT2D eigenvalue weighted by molar-refractivity contribution is 5.40. The molecule has 0 aliphatic carbocycles. The second-order valence-corrected chi connectivity index (χ2v) is 4.61. The molecule has 0 spiro atoms. The Morgan fingerprint density at radius 1 is 1.28 bits per heavy atom. The summed E-state index contributed by atoms with van der Waals surface area (Å²) in [5.41, 5.74) is 0. The maximum atomic E-state index is 5.34. The Labute approximate surface area is 105 Å². The molecule has 18 heavy (non-hydrogen) atoms. The van der Waals surface area contributed by atoms with Crippen LogP contribution >= 0.6 is 0 Å². The zero-order chi connectivity index (χ0) is 12.4. The number of nitrogens with zero attached hydrogens (tertiary/aromatic N) is 4. The van der Waals surface area contributed by atoms with Crippen LogP contribution in [0.2, 0.25) is 0 Å². The van der Waals surface area contributed by atoms with Crippen LogP contribution in [0.15, 0.2) is 23.0 Å². The van der Waals surface area contributed by atoms with E-state index in [4.69, 9.17) is 4.52 Å². The van der Waals surface area contributed by atoms with Crippen molar-refractivity contribution in [2.45, 2.75) is 31.7 Å². The van der Waals surface area contributed by atoms with Crippen molar-refractivity contribution in [2.24, 2.45) is 0 Å². The molecule has 0 amide bonds. The molecule has 1 aliphatic heterocycles. The van der Waals surface area contributed by atoms with Crippen molar-refractivity contribution in [3.05, 3.63) is 24.4 Å². The van der Waals surface area contributed by atoms with Gasteiger partial charge < -0.3 is 9.84 Å². The van der Waals surface area contributed by atoms with Crippen molar-refractivity contribution in [1.29, 1.82) is 0 Å². The normalized spacial score (nSPS) is 24.1. The molecule has 2 atom stereocenters. The summed E-state index contributed by atoms with van der Waals surface area (Å²) in [6.45, 7) is 3.16. The smallest absolute Gasteiger partial charge is 0.240 e. The highest BCUT2D eigenvalue weighted by Gasteiger charge is 2.25. The first kappa shape index (κ1) is 11.3. The fraction of sp³-hybridized carbons (Fsp3) is 0.500. The van der Waals surface area contributed by atoms with Crippen molar-refractivity contribution in [3.8, 4) is 11.6 Å². The van der Waals surface area contributed by atoms with Gasteiger partial charge in [0.1, 0.15) is 0 Å². The van der Waals surface area contributed by atoms with E-state index in [0.717, 1.165) is 19.4 Å². The van der Waals surface area contributed by atoms with Crippen molar-refractivity contribution in [1.82, 2.24) is 25.4 Å². The topological polar surface area (TPSA) is 76.7 Å². The van der Waals surface area contributed by atoms with Gasteiger partial charge in [0.2, 0.25) is 17.5 Å². The number of piperidine rings is 1. The standard InChI is InChI=1S/C12H15N5O/c1-8-7-9(3-6-13-8)12-16-11(17-18-12)10-14-4-2-5-15-10/h2,4-5,8-9,13H,3,6-7H2,1H3. The predicted octanol–water partition coefficient (Wildman–Crippen LogP) is 1.38. The minimum absolute atomic E-state index is 0.339. The molecular formula is C12H15N5O. The van der Waals surface area contributed by atoms with Crippen molar-refractivity contribution >= 4 is 0 Å². The van der Waals surface area contributed by atoms with Gasteiger partial charge in [-0.2, -0.15) is 4.98 Å². The van der Waals surface area contributed by atoms with Gasteiger partial charge in [-0.1, -0.05) is 5.16 Å². The summed E-state index contributed by atoms with van der Waals surface area (Å²) in [7, 11) is 0. The van der Waals surface area contributed by atoms with E-state index in [2.05, 4.69) is 32.3 Å². The second kappa shape index (κ2) is 4.81. The Kier molecular flexibility index (Phi) is 3.02. The molecule has 1 aliphatic rings. The minimum atomic E-state index is 0.339. The monoisotopic (exact) mass is 245 g/mol. The molecule has 0 radical (unpaired) electrons. The van der Waals surface area contributed by atoms with Crippen LogP contribution in [0.5, 0.6) is 0 Å². The molecule has 3 heterocycles. The molecule has 0 aromatic carbocycles. The van der Waals surface area contributed by atoms with Gasteiger partial charge in [-0.05, 0) is 32.4 Å². The number of nitrogens with one attached hydrogen (secondary N) is 1. The lowest BCUT2D eigenvalue weighted by atomic mass is 9.93. The van der Waals surface area contributed by atoms with Crippen molar-refractivity contribution in [3.63, 3.8) is 0 Å².